The van der Waals surface area contributed by atoms with Crippen molar-refractivity contribution in [1.29, 1.82) is 0 Å². The molecular weight excluding hydrogens is 292 g/mol. The summed E-state index contributed by atoms with van der Waals surface area (Å²) in [5, 5.41) is 3.42. The number of nitrogens with zero attached hydrogens (tertiary/aromatic N) is 1. The van der Waals surface area contributed by atoms with Crippen molar-refractivity contribution >= 4 is 35.0 Å². The third-order valence-corrected chi connectivity index (χ3v) is 3.85. The molecule has 1 aliphatic rings. The van der Waals surface area contributed by atoms with E-state index in [1.54, 1.807) is 4.90 Å². The van der Waals surface area contributed by atoms with Gasteiger partial charge in [0.2, 0.25) is 0 Å². The van der Waals surface area contributed by atoms with Gasteiger partial charge in [-0.05, 0) is 48.0 Å². The number of rotatable bonds is 3. The van der Waals surface area contributed by atoms with E-state index in [2.05, 4.69) is 12.2 Å². The van der Waals surface area contributed by atoms with Gasteiger partial charge in [-0.1, -0.05) is 49.4 Å². The van der Waals surface area contributed by atoms with Gasteiger partial charge in [-0.25, -0.2) is 0 Å². The van der Waals surface area contributed by atoms with Crippen molar-refractivity contribution in [3.05, 3.63) is 71.4 Å². The van der Waals surface area contributed by atoms with E-state index in [0.717, 1.165) is 17.7 Å². The third-order valence-electron chi connectivity index (χ3n) is 3.57. The van der Waals surface area contributed by atoms with Gasteiger partial charge in [0.05, 0.1) is 5.69 Å². The second-order valence-electron chi connectivity index (χ2n) is 5.06. The minimum absolute atomic E-state index is 0.123. The van der Waals surface area contributed by atoms with Gasteiger partial charge in [0, 0.05) is 0 Å². The van der Waals surface area contributed by atoms with Gasteiger partial charge in [-0.15, -0.1) is 0 Å². The Morgan fingerprint density at radius 3 is 2.64 bits per heavy atom. The van der Waals surface area contributed by atoms with Gasteiger partial charge < -0.3 is 5.32 Å². The Hall–Kier alpha value is -2.46. The maximum Gasteiger partial charge on any atom is 0.281 e. The van der Waals surface area contributed by atoms with Gasteiger partial charge in [0.25, 0.3) is 5.91 Å². The van der Waals surface area contributed by atoms with E-state index < -0.39 is 0 Å². The normalized spacial score (nSPS) is 16.2. The number of anilines is 1. The Kier molecular flexibility index (Phi) is 4.02. The van der Waals surface area contributed by atoms with Crippen molar-refractivity contribution in [2.45, 2.75) is 13.3 Å². The first-order valence-electron chi connectivity index (χ1n) is 7.20. The largest absolute Gasteiger partial charge is 0.327 e. The minimum atomic E-state index is -0.123. The van der Waals surface area contributed by atoms with Crippen LogP contribution in [0.1, 0.15) is 18.1 Å². The molecule has 0 saturated carbocycles. The fourth-order valence-corrected chi connectivity index (χ4v) is 2.70. The second-order valence-corrected chi connectivity index (χ2v) is 5.45. The van der Waals surface area contributed by atoms with Gasteiger partial charge in [0.1, 0.15) is 5.70 Å². The molecule has 1 fully saturated rings. The summed E-state index contributed by atoms with van der Waals surface area (Å²) in [7, 11) is 0. The van der Waals surface area contributed by atoms with E-state index in [0.29, 0.717) is 10.8 Å². The van der Waals surface area contributed by atoms with Crippen LogP contribution in [0.3, 0.4) is 0 Å². The van der Waals surface area contributed by atoms with Crippen molar-refractivity contribution in [1.82, 2.24) is 5.32 Å². The highest BCUT2D eigenvalue weighted by atomic mass is 32.1. The molecule has 0 radical (unpaired) electrons. The first-order valence-corrected chi connectivity index (χ1v) is 7.61. The first-order chi connectivity index (χ1) is 10.7. The molecule has 2 aromatic rings. The summed E-state index contributed by atoms with van der Waals surface area (Å²) in [6, 6.07) is 17.6. The van der Waals surface area contributed by atoms with Crippen molar-refractivity contribution in [2.75, 3.05) is 4.90 Å². The van der Waals surface area contributed by atoms with Crippen molar-refractivity contribution < 1.29 is 4.79 Å². The number of nitrogens with one attached hydrogen (secondary N) is 1. The quantitative estimate of drug-likeness (QED) is 0.695. The summed E-state index contributed by atoms with van der Waals surface area (Å²) in [6.07, 6.45) is 2.74. The second kappa shape index (κ2) is 6.12. The molecule has 3 nitrogen and oxygen atoms in total. The SMILES string of the molecule is CCc1cccc(N2C(=O)C(=Cc3ccccc3)NC2=S)c1. The molecule has 22 heavy (non-hydrogen) atoms. The summed E-state index contributed by atoms with van der Waals surface area (Å²) in [4.78, 5) is 14.2. The lowest BCUT2D eigenvalue weighted by atomic mass is 10.1. The average Bonchev–Trinajstić information content (AvgIpc) is 2.82. The van der Waals surface area contributed by atoms with Crippen LogP contribution in [-0.2, 0) is 11.2 Å². The topological polar surface area (TPSA) is 32.3 Å². The highest BCUT2D eigenvalue weighted by Gasteiger charge is 2.31. The number of hydrogen-bond acceptors (Lipinski definition) is 2. The zero-order chi connectivity index (χ0) is 15.5. The molecule has 0 aromatic heterocycles. The zero-order valence-corrected chi connectivity index (χ0v) is 13.1. The molecule has 0 aliphatic carbocycles. The number of hydrogen-bond donors (Lipinski definition) is 1. The lowest BCUT2D eigenvalue weighted by molar-refractivity contribution is -0.113. The summed E-state index contributed by atoms with van der Waals surface area (Å²) in [5.74, 6) is -0.123. The van der Waals surface area contributed by atoms with Crippen LogP contribution in [0.4, 0.5) is 5.69 Å². The summed E-state index contributed by atoms with van der Waals surface area (Å²) >= 11 is 5.33. The van der Waals surface area contributed by atoms with Crippen LogP contribution in [-0.4, -0.2) is 11.0 Å². The number of carbonyl (C=O) groups excluding carboxylic acids is 1. The van der Waals surface area contributed by atoms with Crippen LogP contribution in [0.5, 0.6) is 0 Å². The maximum atomic E-state index is 12.6. The summed E-state index contributed by atoms with van der Waals surface area (Å²) in [5.41, 5.74) is 3.44. The molecule has 1 N–H and O–H groups in total. The molecule has 110 valence electrons. The fraction of sp³-hybridized carbons (Fsp3) is 0.111. The Morgan fingerprint density at radius 1 is 1.14 bits per heavy atom. The molecular formula is C18H16N2OS. The van der Waals surface area contributed by atoms with Crippen LogP contribution < -0.4 is 10.2 Å². The van der Waals surface area contributed by atoms with E-state index in [9.17, 15) is 4.79 Å². The first kappa shape index (κ1) is 14.5. The van der Waals surface area contributed by atoms with Crippen LogP contribution in [0.25, 0.3) is 6.08 Å². The van der Waals surface area contributed by atoms with E-state index in [-0.39, 0.29) is 5.91 Å². The van der Waals surface area contributed by atoms with Gasteiger partial charge in [-0.3, -0.25) is 9.69 Å². The van der Waals surface area contributed by atoms with Crippen molar-refractivity contribution in [3.63, 3.8) is 0 Å². The number of aryl methyl sites for hydroxylation is 1. The molecule has 2 aromatic carbocycles. The van der Waals surface area contributed by atoms with Gasteiger partial charge >= 0.3 is 0 Å². The number of carbonyl (C=O) groups is 1. The molecule has 0 spiro atoms. The van der Waals surface area contributed by atoms with Crippen LogP contribution in [0, 0.1) is 0 Å². The summed E-state index contributed by atoms with van der Waals surface area (Å²) < 4.78 is 0. The molecule has 1 aliphatic heterocycles. The fourth-order valence-electron chi connectivity index (χ4n) is 2.40. The van der Waals surface area contributed by atoms with Crippen LogP contribution in [0.2, 0.25) is 0 Å². The minimum Gasteiger partial charge on any atom is -0.327 e. The van der Waals surface area contributed by atoms with E-state index >= 15 is 0 Å². The third kappa shape index (κ3) is 2.78. The summed E-state index contributed by atoms with van der Waals surface area (Å²) in [6.45, 7) is 2.09. The van der Waals surface area contributed by atoms with Gasteiger partial charge in [0.15, 0.2) is 5.11 Å². The van der Waals surface area contributed by atoms with Gasteiger partial charge in [-0.2, -0.15) is 0 Å². The number of thiocarbonyl (C=S) groups is 1. The molecule has 3 rings (SSSR count). The molecule has 1 heterocycles. The number of benzene rings is 2. The molecule has 1 saturated heterocycles. The average molecular weight is 308 g/mol. The predicted molar refractivity (Wildman–Crippen MR) is 93.5 cm³/mol. The smallest absolute Gasteiger partial charge is 0.281 e. The number of amides is 1. The lowest BCUT2D eigenvalue weighted by Crippen LogP contribution is -2.30. The Labute approximate surface area is 135 Å². The Morgan fingerprint density at radius 2 is 1.91 bits per heavy atom. The Balaban J connectivity index is 1.93. The standard InChI is InChI=1S/C18H16N2OS/c1-2-13-9-6-10-15(11-13)20-17(21)16(19-18(20)22)12-14-7-4-3-5-8-14/h3-12H,2H2,1H3,(H,19,22). The predicted octanol–water partition coefficient (Wildman–Crippen LogP) is 3.51. The van der Waals surface area contributed by atoms with E-state index in [1.807, 2.05) is 60.7 Å². The monoisotopic (exact) mass is 308 g/mol. The highest BCUT2D eigenvalue weighted by Crippen LogP contribution is 2.23. The van der Waals surface area contributed by atoms with Crippen LogP contribution >= 0.6 is 12.2 Å². The van der Waals surface area contributed by atoms with Crippen molar-refractivity contribution in [3.8, 4) is 0 Å². The van der Waals surface area contributed by atoms with E-state index in [4.69, 9.17) is 12.2 Å². The zero-order valence-electron chi connectivity index (χ0n) is 12.2. The molecule has 0 bridgehead atoms. The van der Waals surface area contributed by atoms with E-state index in [1.165, 1.54) is 5.56 Å². The van der Waals surface area contributed by atoms with Crippen molar-refractivity contribution in [2.24, 2.45) is 0 Å². The maximum absolute atomic E-state index is 12.6. The molecule has 0 unspecified atom stereocenters. The Bertz CT molecular complexity index is 753. The molecule has 4 heteroatoms. The van der Waals surface area contributed by atoms with Crippen LogP contribution in [0.15, 0.2) is 60.3 Å². The highest BCUT2D eigenvalue weighted by molar-refractivity contribution is 7.80. The molecule has 0 atom stereocenters. The molecule has 1 amide bonds. The lowest BCUT2D eigenvalue weighted by Gasteiger charge is -2.14.